The van der Waals surface area contributed by atoms with Gasteiger partial charge in [-0.3, -0.25) is 0 Å². The predicted octanol–water partition coefficient (Wildman–Crippen LogP) is 2.22. The number of nitrogens with one attached hydrogen (secondary N) is 1. The largest absolute Gasteiger partial charge is 0.469 e. The second-order valence-electron chi connectivity index (χ2n) is 5.67. The molecule has 1 aliphatic rings. The zero-order valence-corrected chi connectivity index (χ0v) is 12.3. The van der Waals surface area contributed by atoms with Crippen LogP contribution in [0, 0.1) is 19.8 Å². The van der Waals surface area contributed by atoms with Crippen molar-refractivity contribution in [2.45, 2.75) is 40.3 Å². The summed E-state index contributed by atoms with van der Waals surface area (Å²) < 4.78 is 11.1. The Labute approximate surface area is 115 Å². The molecule has 2 heterocycles. The first-order valence-electron chi connectivity index (χ1n) is 6.98. The molecule has 0 atom stereocenters. The molecule has 0 spiro atoms. The zero-order chi connectivity index (χ0) is 13.8. The maximum Gasteiger partial charge on any atom is 0.218 e. The van der Waals surface area contributed by atoms with Crippen LogP contribution in [0.5, 0.6) is 5.88 Å². The van der Waals surface area contributed by atoms with Gasteiger partial charge in [-0.25, -0.2) is 4.98 Å². The van der Waals surface area contributed by atoms with Crippen LogP contribution < -0.4 is 10.1 Å². The van der Waals surface area contributed by atoms with Crippen LogP contribution in [-0.4, -0.2) is 30.8 Å². The molecule has 1 aromatic rings. The van der Waals surface area contributed by atoms with Crippen molar-refractivity contribution >= 4 is 0 Å². The average molecular weight is 264 g/mol. The van der Waals surface area contributed by atoms with Gasteiger partial charge in [-0.2, -0.15) is 0 Å². The number of aromatic nitrogens is 1. The van der Waals surface area contributed by atoms with Crippen LogP contribution in [0.4, 0.5) is 0 Å². The molecular weight excluding hydrogens is 240 g/mol. The number of hydrogen-bond acceptors (Lipinski definition) is 4. The number of ether oxygens (including phenoxy) is 2. The number of aryl methyl sites for hydroxylation is 2. The van der Waals surface area contributed by atoms with Crippen molar-refractivity contribution in [2.75, 3.05) is 19.8 Å². The molecule has 106 valence electrons. The highest BCUT2D eigenvalue weighted by atomic mass is 16.6. The van der Waals surface area contributed by atoms with Crippen LogP contribution in [0.3, 0.4) is 0 Å². The Hall–Kier alpha value is -1.13. The second kappa shape index (κ2) is 6.35. The van der Waals surface area contributed by atoms with Crippen LogP contribution in [0.2, 0.25) is 0 Å². The van der Waals surface area contributed by atoms with Gasteiger partial charge in [0.25, 0.3) is 0 Å². The highest BCUT2D eigenvalue weighted by molar-refractivity contribution is 5.36. The van der Waals surface area contributed by atoms with E-state index in [-0.39, 0.29) is 6.10 Å². The Balaban J connectivity index is 2.08. The van der Waals surface area contributed by atoms with Crippen LogP contribution in [0.25, 0.3) is 0 Å². The monoisotopic (exact) mass is 264 g/mol. The van der Waals surface area contributed by atoms with Gasteiger partial charge >= 0.3 is 0 Å². The molecule has 0 bridgehead atoms. The molecule has 0 saturated carbocycles. The topological polar surface area (TPSA) is 43.4 Å². The fourth-order valence-corrected chi connectivity index (χ4v) is 2.07. The highest BCUT2D eigenvalue weighted by Gasteiger charge is 2.22. The van der Waals surface area contributed by atoms with Crippen LogP contribution in [0.15, 0.2) is 6.07 Å². The molecule has 0 aliphatic carbocycles. The maximum atomic E-state index is 5.92. The van der Waals surface area contributed by atoms with Gasteiger partial charge < -0.3 is 14.8 Å². The molecule has 2 rings (SSSR count). The summed E-state index contributed by atoms with van der Waals surface area (Å²) in [6.07, 6.45) is 0.164. The molecule has 1 aromatic heterocycles. The molecule has 1 saturated heterocycles. The lowest BCUT2D eigenvalue weighted by atomic mass is 10.1. The molecule has 4 nitrogen and oxygen atoms in total. The number of pyridine rings is 1. The molecular formula is C15H24N2O2. The van der Waals surface area contributed by atoms with Gasteiger partial charge in [0.2, 0.25) is 5.88 Å². The Morgan fingerprint density at radius 3 is 2.74 bits per heavy atom. The van der Waals surface area contributed by atoms with Crippen molar-refractivity contribution in [3.8, 4) is 5.88 Å². The van der Waals surface area contributed by atoms with Gasteiger partial charge in [0.15, 0.2) is 0 Å². The molecule has 0 amide bonds. The van der Waals surface area contributed by atoms with Gasteiger partial charge in [-0.1, -0.05) is 13.8 Å². The maximum absolute atomic E-state index is 5.92. The van der Waals surface area contributed by atoms with E-state index in [4.69, 9.17) is 9.47 Å². The van der Waals surface area contributed by atoms with Gasteiger partial charge in [0.1, 0.15) is 6.10 Å². The summed E-state index contributed by atoms with van der Waals surface area (Å²) in [6.45, 7) is 11.7. The van der Waals surface area contributed by atoms with E-state index in [1.807, 2.05) is 6.92 Å². The minimum absolute atomic E-state index is 0.164. The summed E-state index contributed by atoms with van der Waals surface area (Å²) in [5, 5.41) is 3.46. The lowest BCUT2D eigenvalue weighted by Crippen LogP contribution is -2.39. The third-order valence-corrected chi connectivity index (χ3v) is 3.18. The van der Waals surface area contributed by atoms with Crippen LogP contribution in [-0.2, 0) is 11.3 Å². The van der Waals surface area contributed by atoms with Crippen molar-refractivity contribution in [1.29, 1.82) is 0 Å². The molecule has 1 fully saturated rings. The van der Waals surface area contributed by atoms with Crippen molar-refractivity contribution in [3.05, 3.63) is 22.9 Å². The van der Waals surface area contributed by atoms with E-state index in [1.165, 1.54) is 5.56 Å². The van der Waals surface area contributed by atoms with E-state index in [2.05, 4.69) is 37.1 Å². The molecule has 19 heavy (non-hydrogen) atoms. The first kappa shape index (κ1) is 14.3. The highest BCUT2D eigenvalue weighted by Crippen LogP contribution is 2.23. The minimum atomic E-state index is 0.164. The summed E-state index contributed by atoms with van der Waals surface area (Å²) in [7, 11) is 0. The standard InChI is InChI=1S/C15H24N2O2/c1-10(2)6-16-7-14-11(3)5-12(4)17-15(14)19-13-8-18-9-13/h5,10,13,16H,6-9H2,1-4H3. The molecule has 0 radical (unpaired) electrons. The fraction of sp³-hybridized carbons (Fsp3) is 0.667. The lowest BCUT2D eigenvalue weighted by molar-refractivity contribution is -0.0817. The minimum Gasteiger partial charge on any atom is -0.469 e. The summed E-state index contributed by atoms with van der Waals surface area (Å²) in [5.74, 6) is 1.41. The van der Waals surface area contributed by atoms with Gasteiger partial charge in [-0.05, 0) is 37.9 Å². The Morgan fingerprint density at radius 1 is 1.42 bits per heavy atom. The SMILES string of the molecule is Cc1cc(C)c(CNCC(C)C)c(OC2COC2)n1. The van der Waals surface area contributed by atoms with Crippen molar-refractivity contribution in [1.82, 2.24) is 10.3 Å². The van der Waals surface area contributed by atoms with E-state index in [1.54, 1.807) is 0 Å². The van der Waals surface area contributed by atoms with Crippen molar-refractivity contribution in [3.63, 3.8) is 0 Å². The number of hydrogen-bond donors (Lipinski definition) is 1. The van der Waals surface area contributed by atoms with Gasteiger partial charge in [0, 0.05) is 17.8 Å². The molecule has 0 aromatic carbocycles. The Bertz CT molecular complexity index is 428. The molecule has 1 aliphatic heterocycles. The Kier molecular flexibility index (Phi) is 4.77. The van der Waals surface area contributed by atoms with Crippen LogP contribution >= 0.6 is 0 Å². The predicted molar refractivity (Wildman–Crippen MR) is 75.5 cm³/mol. The average Bonchev–Trinajstić information content (AvgIpc) is 2.26. The zero-order valence-electron chi connectivity index (χ0n) is 12.3. The van der Waals surface area contributed by atoms with Crippen molar-refractivity contribution in [2.24, 2.45) is 5.92 Å². The summed E-state index contributed by atoms with van der Waals surface area (Å²) in [6, 6.07) is 2.11. The smallest absolute Gasteiger partial charge is 0.218 e. The van der Waals surface area contributed by atoms with E-state index >= 15 is 0 Å². The summed E-state index contributed by atoms with van der Waals surface area (Å²) in [5.41, 5.74) is 3.40. The van der Waals surface area contributed by atoms with E-state index < -0.39 is 0 Å². The lowest BCUT2D eigenvalue weighted by Gasteiger charge is -2.27. The van der Waals surface area contributed by atoms with Crippen LogP contribution in [0.1, 0.15) is 30.7 Å². The van der Waals surface area contributed by atoms with Crippen molar-refractivity contribution < 1.29 is 9.47 Å². The van der Waals surface area contributed by atoms with Gasteiger partial charge in [-0.15, -0.1) is 0 Å². The Morgan fingerprint density at radius 2 is 2.16 bits per heavy atom. The quantitative estimate of drug-likeness (QED) is 0.855. The normalized spacial score (nSPS) is 15.6. The number of nitrogens with zero attached hydrogens (tertiary/aromatic N) is 1. The second-order valence-corrected chi connectivity index (χ2v) is 5.67. The third kappa shape index (κ3) is 3.91. The molecule has 4 heteroatoms. The molecule has 0 unspecified atom stereocenters. The van der Waals surface area contributed by atoms with E-state index in [0.29, 0.717) is 19.1 Å². The number of rotatable bonds is 6. The first-order chi connectivity index (χ1) is 9.06. The summed E-state index contributed by atoms with van der Waals surface area (Å²) in [4.78, 5) is 4.54. The summed E-state index contributed by atoms with van der Waals surface area (Å²) >= 11 is 0. The third-order valence-electron chi connectivity index (χ3n) is 3.18. The van der Waals surface area contributed by atoms with E-state index in [9.17, 15) is 0 Å². The van der Waals surface area contributed by atoms with E-state index in [0.717, 1.165) is 30.2 Å². The first-order valence-corrected chi connectivity index (χ1v) is 6.98. The van der Waals surface area contributed by atoms with Gasteiger partial charge in [0.05, 0.1) is 13.2 Å². The molecule has 1 N–H and O–H groups in total. The fourth-order valence-electron chi connectivity index (χ4n) is 2.07.